The van der Waals surface area contributed by atoms with Crippen LogP contribution < -0.4 is 5.32 Å². The highest BCUT2D eigenvalue weighted by Crippen LogP contribution is 2.24. The van der Waals surface area contributed by atoms with Crippen molar-refractivity contribution in [3.8, 4) is 5.69 Å². The Morgan fingerprint density at radius 1 is 1.17 bits per heavy atom. The van der Waals surface area contributed by atoms with Crippen LogP contribution in [-0.2, 0) is 0 Å². The van der Waals surface area contributed by atoms with E-state index in [4.69, 9.17) is 11.6 Å². The number of aromatic nitrogens is 2. The van der Waals surface area contributed by atoms with Crippen LogP contribution in [0.5, 0.6) is 0 Å². The molecule has 0 aliphatic carbocycles. The molecule has 1 heterocycles. The highest BCUT2D eigenvalue weighted by Gasteiger charge is 2.16. The van der Waals surface area contributed by atoms with Crippen molar-refractivity contribution < 1.29 is 4.79 Å². The van der Waals surface area contributed by atoms with Gasteiger partial charge in [-0.25, -0.2) is 4.68 Å². The normalized spacial score (nSPS) is 10.7. The predicted octanol–water partition coefficient (Wildman–Crippen LogP) is 5.16. The van der Waals surface area contributed by atoms with E-state index in [-0.39, 0.29) is 5.91 Å². The van der Waals surface area contributed by atoms with Crippen LogP contribution in [0.3, 0.4) is 0 Å². The van der Waals surface area contributed by atoms with E-state index in [9.17, 15) is 4.79 Å². The Bertz CT molecular complexity index is 903. The third kappa shape index (κ3) is 3.37. The van der Waals surface area contributed by atoms with Gasteiger partial charge >= 0.3 is 0 Å². The van der Waals surface area contributed by atoms with Gasteiger partial charge in [-0.15, -0.1) is 0 Å². The van der Waals surface area contributed by atoms with Crippen LogP contribution in [-0.4, -0.2) is 15.7 Å². The summed E-state index contributed by atoms with van der Waals surface area (Å²) in [5, 5.41) is 7.67. The van der Waals surface area contributed by atoms with Crippen LogP contribution >= 0.6 is 27.5 Å². The first-order valence-corrected chi connectivity index (χ1v) is 8.51. The standard InChI is InChI=1S/C18H15BrClN3O/c1-11-3-8-17(16(20)9-11)22-18(24)15-10-21-23(12(15)2)14-6-4-13(19)5-7-14/h3-10H,1-2H3,(H,22,24). The molecule has 0 fully saturated rings. The number of hydrogen-bond donors (Lipinski definition) is 1. The Hall–Kier alpha value is -2.11. The van der Waals surface area contributed by atoms with Crippen molar-refractivity contribution in [3.63, 3.8) is 0 Å². The zero-order valence-electron chi connectivity index (χ0n) is 13.2. The molecule has 0 saturated carbocycles. The molecule has 3 rings (SSSR count). The third-order valence-electron chi connectivity index (χ3n) is 3.70. The van der Waals surface area contributed by atoms with Gasteiger partial charge < -0.3 is 5.32 Å². The molecule has 0 aliphatic heterocycles. The number of nitrogens with zero attached hydrogens (tertiary/aromatic N) is 2. The Kier molecular flexibility index (Phi) is 4.73. The van der Waals surface area contributed by atoms with Gasteiger partial charge in [0, 0.05) is 4.47 Å². The molecule has 24 heavy (non-hydrogen) atoms. The highest BCUT2D eigenvalue weighted by molar-refractivity contribution is 9.10. The number of hydrogen-bond acceptors (Lipinski definition) is 2. The van der Waals surface area contributed by atoms with E-state index < -0.39 is 0 Å². The number of amides is 1. The number of aryl methyl sites for hydroxylation is 1. The molecule has 1 N–H and O–H groups in total. The molecule has 0 saturated heterocycles. The Labute approximate surface area is 153 Å². The number of rotatable bonds is 3. The number of carbonyl (C=O) groups excluding carboxylic acids is 1. The Morgan fingerprint density at radius 2 is 1.88 bits per heavy atom. The van der Waals surface area contributed by atoms with Gasteiger partial charge in [-0.05, 0) is 55.8 Å². The summed E-state index contributed by atoms with van der Waals surface area (Å²) >= 11 is 9.58. The average molecular weight is 405 g/mol. The molecule has 0 aliphatic rings. The molecule has 0 radical (unpaired) electrons. The van der Waals surface area contributed by atoms with E-state index in [1.54, 1.807) is 16.9 Å². The number of halogens is 2. The van der Waals surface area contributed by atoms with Crippen LogP contribution in [0.4, 0.5) is 5.69 Å². The molecule has 2 aromatic carbocycles. The molecular weight excluding hydrogens is 390 g/mol. The zero-order valence-corrected chi connectivity index (χ0v) is 15.5. The fraction of sp³-hybridized carbons (Fsp3) is 0.111. The smallest absolute Gasteiger partial charge is 0.259 e. The second-order valence-corrected chi connectivity index (χ2v) is 6.79. The molecule has 0 unspecified atom stereocenters. The molecule has 122 valence electrons. The van der Waals surface area contributed by atoms with Crippen LogP contribution in [0.25, 0.3) is 5.69 Å². The van der Waals surface area contributed by atoms with Crippen LogP contribution in [0, 0.1) is 13.8 Å². The number of nitrogens with one attached hydrogen (secondary N) is 1. The maximum atomic E-state index is 12.5. The summed E-state index contributed by atoms with van der Waals surface area (Å²) in [5.74, 6) is -0.235. The summed E-state index contributed by atoms with van der Waals surface area (Å²) in [6, 6.07) is 13.2. The minimum atomic E-state index is -0.235. The fourth-order valence-corrected chi connectivity index (χ4v) is 2.93. The van der Waals surface area contributed by atoms with Crippen molar-refractivity contribution in [2.45, 2.75) is 13.8 Å². The first-order valence-electron chi connectivity index (χ1n) is 7.34. The molecule has 0 atom stereocenters. The van der Waals surface area contributed by atoms with Crippen molar-refractivity contribution in [1.29, 1.82) is 0 Å². The van der Waals surface area contributed by atoms with Crippen molar-refractivity contribution in [3.05, 3.63) is 75.0 Å². The monoisotopic (exact) mass is 403 g/mol. The number of anilines is 1. The third-order valence-corrected chi connectivity index (χ3v) is 4.54. The second-order valence-electron chi connectivity index (χ2n) is 5.47. The largest absolute Gasteiger partial charge is 0.321 e. The zero-order chi connectivity index (χ0) is 17.3. The predicted molar refractivity (Wildman–Crippen MR) is 100 cm³/mol. The summed E-state index contributed by atoms with van der Waals surface area (Å²) < 4.78 is 2.72. The molecular formula is C18H15BrClN3O. The maximum Gasteiger partial charge on any atom is 0.259 e. The van der Waals surface area contributed by atoms with E-state index in [1.807, 2.05) is 50.2 Å². The summed E-state index contributed by atoms with van der Waals surface area (Å²) in [5.41, 5.74) is 3.79. The quantitative estimate of drug-likeness (QED) is 0.655. The number of carbonyl (C=O) groups is 1. The summed E-state index contributed by atoms with van der Waals surface area (Å²) in [6.45, 7) is 3.81. The Morgan fingerprint density at radius 3 is 2.54 bits per heavy atom. The lowest BCUT2D eigenvalue weighted by Crippen LogP contribution is -2.13. The van der Waals surface area contributed by atoms with Crippen molar-refractivity contribution in [1.82, 2.24) is 9.78 Å². The molecule has 1 aromatic heterocycles. The molecule has 0 bridgehead atoms. The van der Waals surface area contributed by atoms with Crippen molar-refractivity contribution in [2.75, 3.05) is 5.32 Å². The van der Waals surface area contributed by atoms with Crippen molar-refractivity contribution in [2.24, 2.45) is 0 Å². The van der Waals surface area contributed by atoms with Crippen LogP contribution in [0.15, 0.2) is 53.1 Å². The van der Waals surface area contributed by atoms with Gasteiger partial charge in [-0.1, -0.05) is 33.6 Å². The highest BCUT2D eigenvalue weighted by atomic mass is 79.9. The van der Waals surface area contributed by atoms with E-state index in [2.05, 4.69) is 26.3 Å². The van der Waals surface area contributed by atoms with Gasteiger partial charge in [-0.2, -0.15) is 5.10 Å². The SMILES string of the molecule is Cc1ccc(NC(=O)c2cnn(-c3ccc(Br)cc3)c2C)c(Cl)c1. The van der Waals surface area contributed by atoms with E-state index >= 15 is 0 Å². The lowest BCUT2D eigenvalue weighted by atomic mass is 10.2. The topological polar surface area (TPSA) is 46.9 Å². The lowest BCUT2D eigenvalue weighted by Gasteiger charge is -2.08. The van der Waals surface area contributed by atoms with Crippen LogP contribution in [0.2, 0.25) is 5.02 Å². The molecule has 4 nitrogen and oxygen atoms in total. The molecule has 0 spiro atoms. The average Bonchev–Trinajstić information content (AvgIpc) is 2.92. The van der Waals surface area contributed by atoms with E-state index in [0.717, 1.165) is 21.4 Å². The minimum absolute atomic E-state index is 0.235. The molecule has 3 aromatic rings. The van der Waals surface area contributed by atoms with Gasteiger partial charge in [0.2, 0.25) is 0 Å². The first kappa shape index (κ1) is 16.7. The minimum Gasteiger partial charge on any atom is -0.321 e. The van der Waals surface area contributed by atoms with Gasteiger partial charge in [0.25, 0.3) is 5.91 Å². The number of benzene rings is 2. The summed E-state index contributed by atoms with van der Waals surface area (Å²) in [7, 11) is 0. The Balaban J connectivity index is 1.87. The fourth-order valence-electron chi connectivity index (χ4n) is 2.39. The lowest BCUT2D eigenvalue weighted by molar-refractivity contribution is 0.102. The van der Waals surface area contributed by atoms with Gasteiger partial charge in [-0.3, -0.25) is 4.79 Å². The first-order chi connectivity index (χ1) is 11.5. The van der Waals surface area contributed by atoms with Crippen LogP contribution in [0.1, 0.15) is 21.6 Å². The summed E-state index contributed by atoms with van der Waals surface area (Å²) in [4.78, 5) is 12.5. The molecule has 6 heteroatoms. The van der Waals surface area contributed by atoms with E-state index in [1.165, 1.54) is 0 Å². The van der Waals surface area contributed by atoms with Crippen molar-refractivity contribution >= 4 is 39.1 Å². The van der Waals surface area contributed by atoms with Gasteiger partial charge in [0.15, 0.2) is 0 Å². The van der Waals surface area contributed by atoms with Gasteiger partial charge in [0.1, 0.15) is 0 Å². The second kappa shape index (κ2) is 6.79. The maximum absolute atomic E-state index is 12.5. The van der Waals surface area contributed by atoms with E-state index in [0.29, 0.717) is 16.3 Å². The van der Waals surface area contributed by atoms with Gasteiger partial charge in [0.05, 0.1) is 33.9 Å². The summed E-state index contributed by atoms with van der Waals surface area (Å²) in [6.07, 6.45) is 1.56. The molecule has 1 amide bonds.